The van der Waals surface area contributed by atoms with E-state index in [-0.39, 0.29) is 30.0 Å². The van der Waals surface area contributed by atoms with Crippen LogP contribution in [0.2, 0.25) is 0 Å². The Balaban J connectivity index is 1.56. The van der Waals surface area contributed by atoms with Crippen molar-refractivity contribution in [2.24, 2.45) is 0 Å². The molecule has 1 amide bonds. The van der Waals surface area contributed by atoms with Crippen molar-refractivity contribution in [3.05, 3.63) is 84.3 Å². The molecule has 0 aliphatic carbocycles. The monoisotopic (exact) mass is 486 g/mol. The standard InChI is InChI=1S/C28H26N2O6/c1-33-22-16-20(28(32)35-3)21(17-23(22)34-2)29-24(31)14-15-25-30-26(18-10-6-4-7-11-18)27(36-25)19-12-8-5-9-13-19/h4-13,16-17H,14-15H2,1-3H3,(H,29,31). The number of aryl methyl sites for hydroxylation is 1. The zero-order valence-corrected chi connectivity index (χ0v) is 20.2. The summed E-state index contributed by atoms with van der Waals surface area (Å²) in [5, 5.41) is 2.76. The van der Waals surface area contributed by atoms with E-state index < -0.39 is 5.97 Å². The van der Waals surface area contributed by atoms with E-state index in [4.69, 9.17) is 18.6 Å². The van der Waals surface area contributed by atoms with Crippen molar-refractivity contribution in [2.45, 2.75) is 12.8 Å². The Hall–Kier alpha value is -4.59. The average molecular weight is 487 g/mol. The fourth-order valence-electron chi connectivity index (χ4n) is 3.74. The van der Waals surface area contributed by atoms with Crippen molar-refractivity contribution >= 4 is 17.6 Å². The molecular formula is C28H26N2O6. The van der Waals surface area contributed by atoms with Gasteiger partial charge in [-0.1, -0.05) is 60.7 Å². The third-order valence-electron chi connectivity index (χ3n) is 5.52. The number of oxazole rings is 1. The third-order valence-corrected chi connectivity index (χ3v) is 5.52. The lowest BCUT2D eigenvalue weighted by Crippen LogP contribution is -2.16. The van der Waals surface area contributed by atoms with E-state index in [0.29, 0.717) is 28.8 Å². The van der Waals surface area contributed by atoms with Gasteiger partial charge >= 0.3 is 5.97 Å². The van der Waals surface area contributed by atoms with Gasteiger partial charge in [0.15, 0.2) is 23.1 Å². The first-order valence-corrected chi connectivity index (χ1v) is 11.3. The number of ether oxygens (including phenoxy) is 3. The molecule has 0 fully saturated rings. The second-order valence-corrected chi connectivity index (χ2v) is 7.81. The van der Waals surface area contributed by atoms with Crippen molar-refractivity contribution < 1.29 is 28.2 Å². The van der Waals surface area contributed by atoms with Crippen LogP contribution >= 0.6 is 0 Å². The van der Waals surface area contributed by atoms with Gasteiger partial charge in [-0.3, -0.25) is 4.79 Å². The topological polar surface area (TPSA) is 99.9 Å². The minimum Gasteiger partial charge on any atom is -0.493 e. The number of aromatic nitrogens is 1. The molecule has 4 rings (SSSR count). The fraction of sp³-hybridized carbons (Fsp3) is 0.179. The number of anilines is 1. The van der Waals surface area contributed by atoms with E-state index in [1.165, 1.54) is 33.5 Å². The van der Waals surface area contributed by atoms with Crippen LogP contribution < -0.4 is 14.8 Å². The summed E-state index contributed by atoms with van der Waals surface area (Å²) in [7, 11) is 4.20. The van der Waals surface area contributed by atoms with Crippen molar-refractivity contribution in [1.82, 2.24) is 4.98 Å². The number of methoxy groups -OCH3 is 3. The van der Waals surface area contributed by atoms with E-state index in [2.05, 4.69) is 10.3 Å². The molecule has 0 aliphatic rings. The van der Waals surface area contributed by atoms with Crippen molar-refractivity contribution in [2.75, 3.05) is 26.6 Å². The van der Waals surface area contributed by atoms with E-state index in [9.17, 15) is 9.59 Å². The summed E-state index contributed by atoms with van der Waals surface area (Å²) in [4.78, 5) is 29.8. The molecule has 1 heterocycles. The van der Waals surface area contributed by atoms with Gasteiger partial charge in [-0.2, -0.15) is 0 Å². The van der Waals surface area contributed by atoms with Crippen LogP contribution in [0.1, 0.15) is 22.7 Å². The molecule has 0 bridgehead atoms. The number of amides is 1. The number of esters is 1. The number of nitrogens with one attached hydrogen (secondary N) is 1. The Morgan fingerprint density at radius 3 is 2.08 bits per heavy atom. The molecule has 0 aliphatic heterocycles. The van der Waals surface area contributed by atoms with Crippen LogP contribution in [0, 0.1) is 0 Å². The lowest BCUT2D eigenvalue weighted by atomic mass is 10.1. The fourth-order valence-corrected chi connectivity index (χ4v) is 3.74. The first kappa shape index (κ1) is 24.5. The van der Waals surface area contributed by atoms with Crippen LogP contribution in [-0.2, 0) is 16.0 Å². The zero-order chi connectivity index (χ0) is 25.5. The van der Waals surface area contributed by atoms with Crippen LogP contribution in [0.4, 0.5) is 5.69 Å². The van der Waals surface area contributed by atoms with Crippen molar-refractivity contribution in [3.8, 4) is 34.1 Å². The predicted molar refractivity (Wildman–Crippen MR) is 135 cm³/mol. The number of benzene rings is 3. The van der Waals surface area contributed by atoms with Gasteiger partial charge in [0.1, 0.15) is 5.69 Å². The molecule has 0 radical (unpaired) electrons. The van der Waals surface area contributed by atoms with Gasteiger partial charge in [0.2, 0.25) is 5.91 Å². The Labute approximate surface area is 208 Å². The zero-order valence-electron chi connectivity index (χ0n) is 20.2. The molecule has 1 aromatic heterocycles. The summed E-state index contributed by atoms with van der Waals surface area (Å²) in [5.74, 6) is 0.853. The maximum absolute atomic E-state index is 12.8. The molecule has 4 aromatic rings. The number of carbonyl (C=O) groups excluding carboxylic acids is 2. The van der Waals surface area contributed by atoms with Crippen LogP contribution in [0.25, 0.3) is 22.6 Å². The summed E-state index contributed by atoms with van der Waals surface area (Å²) in [5.41, 5.74) is 2.94. The first-order valence-electron chi connectivity index (χ1n) is 11.3. The summed E-state index contributed by atoms with van der Waals surface area (Å²) in [6.45, 7) is 0. The maximum atomic E-state index is 12.8. The number of carbonyl (C=O) groups is 2. The van der Waals surface area contributed by atoms with Gasteiger partial charge in [-0.05, 0) is 0 Å². The molecule has 0 saturated carbocycles. The van der Waals surface area contributed by atoms with Crippen LogP contribution in [0.5, 0.6) is 11.5 Å². The molecule has 36 heavy (non-hydrogen) atoms. The average Bonchev–Trinajstić information content (AvgIpc) is 3.36. The molecule has 0 spiro atoms. The molecule has 0 atom stereocenters. The number of hydrogen-bond donors (Lipinski definition) is 1. The number of rotatable bonds is 9. The number of hydrogen-bond acceptors (Lipinski definition) is 7. The molecule has 3 aromatic carbocycles. The van der Waals surface area contributed by atoms with Crippen LogP contribution in [0.15, 0.2) is 77.2 Å². The molecule has 0 unspecified atom stereocenters. The Kier molecular flexibility index (Phi) is 7.65. The normalized spacial score (nSPS) is 10.5. The highest BCUT2D eigenvalue weighted by atomic mass is 16.5. The largest absolute Gasteiger partial charge is 0.493 e. The van der Waals surface area contributed by atoms with Gasteiger partial charge in [-0.15, -0.1) is 0 Å². The SMILES string of the molecule is COC(=O)c1cc(OC)c(OC)cc1NC(=O)CCc1nc(-c2ccccc2)c(-c2ccccc2)o1. The van der Waals surface area contributed by atoms with E-state index >= 15 is 0 Å². The summed E-state index contributed by atoms with van der Waals surface area (Å²) >= 11 is 0. The molecular weight excluding hydrogens is 460 g/mol. The molecule has 1 N–H and O–H groups in total. The summed E-state index contributed by atoms with van der Waals surface area (Å²) in [6, 6.07) is 22.4. The lowest BCUT2D eigenvalue weighted by Gasteiger charge is -2.14. The smallest absolute Gasteiger partial charge is 0.340 e. The highest BCUT2D eigenvalue weighted by Gasteiger charge is 2.21. The summed E-state index contributed by atoms with van der Waals surface area (Å²) < 4.78 is 21.5. The van der Waals surface area contributed by atoms with Gasteiger partial charge in [0, 0.05) is 36.1 Å². The van der Waals surface area contributed by atoms with E-state index in [1.807, 2.05) is 60.7 Å². The molecule has 0 saturated heterocycles. The minimum absolute atomic E-state index is 0.0813. The van der Waals surface area contributed by atoms with Crippen molar-refractivity contribution in [1.29, 1.82) is 0 Å². The highest BCUT2D eigenvalue weighted by molar-refractivity contribution is 6.02. The van der Waals surface area contributed by atoms with Gasteiger partial charge in [0.05, 0.1) is 32.6 Å². The second kappa shape index (κ2) is 11.2. The van der Waals surface area contributed by atoms with Crippen LogP contribution in [0.3, 0.4) is 0 Å². The highest BCUT2D eigenvalue weighted by Crippen LogP contribution is 2.35. The first-order chi connectivity index (χ1) is 17.5. The van der Waals surface area contributed by atoms with E-state index in [0.717, 1.165) is 11.1 Å². The van der Waals surface area contributed by atoms with Crippen molar-refractivity contribution in [3.63, 3.8) is 0 Å². The maximum Gasteiger partial charge on any atom is 0.340 e. The van der Waals surface area contributed by atoms with Gasteiger partial charge < -0.3 is 23.9 Å². The Bertz CT molecular complexity index is 1290. The summed E-state index contributed by atoms with van der Waals surface area (Å²) in [6.07, 6.45) is 0.345. The quantitative estimate of drug-likeness (QED) is 0.317. The molecule has 8 heteroatoms. The van der Waals surface area contributed by atoms with Gasteiger partial charge in [-0.25, -0.2) is 9.78 Å². The minimum atomic E-state index is -0.612. The lowest BCUT2D eigenvalue weighted by molar-refractivity contribution is -0.116. The number of nitrogens with zero attached hydrogens (tertiary/aromatic N) is 1. The van der Waals surface area contributed by atoms with Crippen LogP contribution in [-0.4, -0.2) is 38.2 Å². The van der Waals surface area contributed by atoms with Gasteiger partial charge in [0.25, 0.3) is 0 Å². The molecule has 8 nitrogen and oxygen atoms in total. The molecule has 184 valence electrons. The second-order valence-electron chi connectivity index (χ2n) is 7.81. The van der Waals surface area contributed by atoms with E-state index in [1.54, 1.807) is 0 Å². The third kappa shape index (κ3) is 5.38. The Morgan fingerprint density at radius 2 is 1.47 bits per heavy atom. The Morgan fingerprint density at radius 1 is 0.861 bits per heavy atom. The predicted octanol–water partition coefficient (Wildman–Crippen LogP) is 5.38.